The molecule has 1 aromatic carbocycles. The summed E-state index contributed by atoms with van der Waals surface area (Å²) in [5.74, 6) is 0.381. The zero-order valence-corrected chi connectivity index (χ0v) is 17.8. The third kappa shape index (κ3) is 4.74. The van der Waals surface area contributed by atoms with Crippen molar-refractivity contribution in [1.29, 1.82) is 0 Å². The molecule has 1 aliphatic heterocycles. The highest BCUT2D eigenvalue weighted by Gasteiger charge is 2.24. The second kappa shape index (κ2) is 8.99. The van der Waals surface area contributed by atoms with Crippen LogP contribution < -0.4 is 10.2 Å². The number of benzene rings is 1. The van der Waals surface area contributed by atoms with E-state index in [2.05, 4.69) is 20.3 Å². The molecule has 0 bridgehead atoms. The summed E-state index contributed by atoms with van der Waals surface area (Å²) in [4.78, 5) is 33.7. The number of carbonyl (C=O) groups excluding carboxylic acids is 2. The van der Waals surface area contributed by atoms with Crippen LogP contribution in [0.25, 0.3) is 0 Å². The number of nitrogens with zero attached hydrogens (tertiary/aromatic N) is 5. The standard InChI is InChI=1S/C23H26N6O2/c1-17-15-18(2)29(26-17)16-22(30)28-13-11-27(12-14-28)20-8-4-3-7-19(20)23(31)25-21-9-5-6-10-24-21/h3-10,15H,11-14,16H2,1-2H3,(H,24,25,31). The van der Waals surface area contributed by atoms with Gasteiger partial charge in [-0.15, -0.1) is 0 Å². The normalized spacial score (nSPS) is 13.9. The van der Waals surface area contributed by atoms with E-state index in [0.717, 1.165) is 17.1 Å². The highest BCUT2D eigenvalue weighted by atomic mass is 16.2. The van der Waals surface area contributed by atoms with Gasteiger partial charge in [-0.25, -0.2) is 4.98 Å². The average molecular weight is 419 g/mol. The van der Waals surface area contributed by atoms with Crippen molar-refractivity contribution in [2.75, 3.05) is 36.4 Å². The van der Waals surface area contributed by atoms with Gasteiger partial charge in [0, 0.05) is 43.8 Å². The van der Waals surface area contributed by atoms with Gasteiger partial charge in [-0.1, -0.05) is 18.2 Å². The molecule has 31 heavy (non-hydrogen) atoms. The van der Waals surface area contributed by atoms with Crippen molar-refractivity contribution in [2.24, 2.45) is 0 Å². The minimum absolute atomic E-state index is 0.0621. The highest BCUT2D eigenvalue weighted by molar-refractivity contribution is 6.07. The quantitative estimate of drug-likeness (QED) is 0.688. The van der Waals surface area contributed by atoms with Crippen molar-refractivity contribution in [2.45, 2.75) is 20.4 Å². The summed E-state index contributed by atoms with van der Waals surface area (Å²) >= 11 is 0. The first-order valence-corrected chi connectivity index (χ1v) is 10.4. The minimum atomic E-state index is -0.197. The van der Waals surface area contributed by atoms with E-state index in [1.807, 2.05) is 55.1 Å². The predicted molar refractivity (Wildman–Crippen MR) is 119 cm³/mol. The molecule has 1 aliphatic rings. The van der Waals surface area contributed by atoms with E-state index in [0.29, 0.717) is 37.6 Å². The second-order valence-corrected chi connectivity index (χ2v) is 7.64. The zero-order chi connectivity index (χ0) is 21.8. The molecule has 0 aliphatic carbocycles. The molecule has 0 unspecified atom stereocenters. The molecule has 2 amide bonds. The first kappa shape index (κ1) is 20.6. The molecule has 3 aromatic rings. The summed E-state index contributed by atoms with van der Waals surface area (Å²) in [6.45, 7) is 6.67. The van der Waals surface area contributed by atoms with E-state index in [1.54, 1.807) is 23.0 Å². The molecule has 8 heteroatoms. The lowest BCUT2D eigenvalue weighted by Gasteiger charge is -2.37. The van der Waals surface area contributed by atoms with Crippen LogP contribution in [0.5, 0.6) is 0 Å². The zero-order valence-electron chi connectivity index (χ0n) is 17.8. The Balaban J connectivity index is 1.40. The number of carbonyl (C=O) groups is 2. The summed E-state index contributed by atoms with van der Waals surface area (Å²) in [5.41, 5.74) is 3.35. The molecule has 1 saturated heterocycles. The second-order valence-electron chi connectivity index (χ2n) is 7.64. The number of rotatable bonds is 5. The Kier molecular flexibility index (Phi) is 5.97. The van der Waals surface area contributed by atoms with Gasteiger partial charge in [0.15, 0.2) is 0 Å². The maximum atomic E-state index is 12.8. The van der Waals surface area contributed by atoms with E-state index in [1.165, 1.54) is 0 Å². The molecule has 0 spiro atoms. The lowest BCUT2D eigenvalue weighted by Crippen LogP contribution is -2.50. The average Bonchev–Trinajstić information content (AvgIpc) is 3.11. The first-order valence-electron chi connectivity index (χ1n) is 10.4. The van der Waals surface area contributed by atoms with E-state index < -0.39 is 0 Å². The Morgan fingerprint density at radius 1 is 1.00 bits per heavy atom. The topological polar surface area (TPSA) is 83.4 Å². The molecule has 0 atom stereocenters. The number of aryl methyl sites for hydroxylation is 2. The van der Waals surface area contributed by atoms with Gasteiger partial charge in [0.05, 0.1) is 11.3 Å². The third-order valence-corrected chi connectivity index (χ3v) is 5.42. The van der Waals surface area contributed by atoms with Gasteiger partial charge in [0.1, 0.15) is 12.4 Å². The number of piperazine rings is 1. The maximum absolute atomic E-state index is 12.8. The molecule has 160 valence electrons. The van der Waals surface area contributed by atoms with Crippen LogP contribution in [-0.4, -0.2) is 57.7 Å². The van der Waals surface area contributed by atoms with Crippen molar-refractivity contribution < 1.29 is 9.59 Å². The van der Waals surface area contributed by atoms with Crippen molar-refractivity contribution >= 4 is 23.3 Å². The Morgan fingerprint density at radius 3 is 2.42 bits per heavy atom. The summed E-state index contributed by atoms with van der Waals surface area (Å²) in [6, 6.07) is 14.9. The number of anilines is 2. The van der Waals surface area contributed by atoms with Crippen LogP contribution in [0.1, 0.15) is 21.7 Å². The van der Waals surface area contributed by atoms with E-state index in [9.17, 15) is 9.59 Å². The predicted octanol–water partition coefficient (Wildman–Crippen LogP) is 2.50. The number of nitrogens with one attached hydrogen (secondary N) is 1. The first-order chi connectivity index (χ1) is 15.0. The molecule has 1 N–H and O–H groups in total. The molecule has 2 aromatic heterocycles. The summed E-state index contributed by atoms with van der Waals surface area (Å²) in [6.07, 6.45) is 1.64. The van der Waals surface area contributed by atoms with Crippen LogP contribution in [-0.2, 0) is 11.3 Å². The van der Waals surface area contributed by atoms with Crippen LogP contribution in [0.15, 0.2) is 54.7 Å². The number of para-hydroxylation sites is 1. The highest BCUT2D eigenvalue weighted by Crippen LogP contribution is 2.23. The van der Waals surface area contributed by atoms with Gasteiger partial charge < -0.3 is 15.1 Å². The fourth-order valence-corrected chi connectivity index (χ4v) is 3.82. The van der Waals surface area contributed by atoms with Crippen LogP contribution in [0.3, 0.4) is 0 Å². The largest absolute Gasteiger partial charge is 0.367 e. The number of hydrogen-bond donors (Lipinski definition) is 1. The van der Waals surface area contributed by atoms with Crippen LogP contribution in [0, 0.1) is 13.8 Å². The van der Waals surface area contributed by atoms with Gasteiger partial charge in [-0.2, -0.15) is 5.10 Å². The van der Waals surface area contributed by atoms with E-state index in [-0.39, 0.29) is 18.4 Å². The van der Waals surface area contributed by atoms with Crippen molar-refractivity contribution in [3.63, 3.8) is 0 Å². The molecular weight excluding hydrogens is 392 g/mol. The van der Waals surface area contributed by atoms with Crippen molar-refractivity contribution in [3.8, 4) is 0 Å². The maximum Gasteiger partial charge on any atom is 0.258 e. The Hall–Kier alpha value is -3.68. The molecule has 1 fully saturated rings. The lowest BCUT2D eigenvalue weighted by atomic mass is 10.1. The molecule has 0 radical (unpaired) electrons. The Morgan fingerprint density at radius 2 is 1.74 bits per heavy atom. The van der Waals surface area contributed by atoms with Gasteiger partial charge in [0.2, 0.25) is 5.91 Å². The smallest absolute Gasteiger partial charge is 0.258 e. The van der Waals surface area contributed by atoms with Crippen molar-refractivity contribution in [1.82, 2.24) is 19.7 Å². The number of hydrogen-bond acceptors (Lipinski definition) is 5. The van der Waals surface area contributed by atoms with Crippen LogP contribution >= 0.6 is 0 Å². The van der Waals surface area contributed by atoms with Crippen molar-refractivity contribution in [3.05, 3.63) is 71.7 Å². The number of aromatic nitrogens is 3. The third-order valence-electron chi connectivity index (χ3n) is 5.42. The summed E-state index contributed by atoms with van der Waals surface area (Å²) < 4.78 is 1.75. The SMILES string of the molecule is Cc1cc(C)n(CC(=O)N2CCN(c3ccccc3C(=O)Nc3ccccn3)CC2)n1. The monoisotopic (exact) mass is 418 g/mol. The molecule has 3 heterocycles. The summed E-state index contributed by atoms with van der Waals surface area (Å²) in [5, 5.41) is 7.23. The van der Waals surface area contributed by atoms with E-state index in [4.69, 9.17) is 0 Å². The molecule has 0 saturated carbocycles. The lowest BCUT2D eigenvalue weighted by molar-refractivity contribution is -0.132. The van der Waals surface area contributed by atoms with Gasteiger partial charge in [-0.3, -0.25) is 14.3 Å². The van der Waals surface area contributed by atoms with E-state index >= 15 is 0 Å². The number of pyridine rings is 1. The van der Waals surface area contributed by atoms with Gasteiger partial charge in [0.25, 0.3) is 5.91 Å². The van der Waals surface area contributed by atoms with Gasteiger partial charge in [-0.05, 0) is 44.2 Å². The Bertz CT molecular complexity index is 1070. The summed E-state index contributed by atoms with van der Waals surface area (Å²) in [7, 11) is 0. The van der Waals surface area contributed by atoms with Crippen LogP contribution in [0.4, 0.5) is 11.5 Å². The van der Waals surface area contributed by atoms with Crippen LogP contribution in [0.2, 0.25) is 0 Å². The minimum Gasteiger partial charge on any atom is -0.367 e. The van der Waals surface area contributed by atoms with Gasteiger partial charge >= 0.3 is 0 Å². The molecular formula is C23H26N6O2. The fraction of sp³-hybridized carbons (Fsp3) is 0.304. The molecule has 8 nitrogen and oxygen atoms in total. The fourth-order valence-electron chi connectivity index (χ4n) is 3.82. The Labute approximate surface area is 181 Å². The molecule has 4 rings (SSSR count). The number of amides is 2.